The quantitative estimate of drug-likeness (QED) is 0.0618. The van der Waals surface area contributed by atoms with Crippen molar-refractivity contribution in [2.45, 2.75) is 58.3 Å². The largest absolute Gasteiger partial charge is 0.490 e. The van der Waals surface area contributed by atoms with Crippen LogP contribution in [-0.2, 0) is 42.7 Å². The van der Waals surface area contributed by atoms with E-state index in [1.807, 2.05) is 31.3 Å². The number of benzene rings is 1. The van der Waals surface area contributed by atoms with Gasteiger partial charge < -0.3 is 26.4 Å². The van der Waals surface area contributed by atoms with Crippen LogP contribution in [0, 0.1) is 6.92 Å². The number of nitrogens with zero attached hydrogens (tertiary/aromatic N) is 5. The summed E-state index contributed by atoms with van der Waals surface area (Å²) < 4.78 is 45.6. The monoisotopic (exact) mass is 665 g/mol. The summed E-state index contributed by atoms with van der Waals surface area (Å²) in [6.07, 6.45) is 2.37. The SMILES string of the molecule is Cc1cn(CCCN)[n+](C)c1-c1ccc(OC[C@@H](C)O/N=C(\C(=O)N[C@@H]2C(=O)N(OS(=O)(=O)O)C2(C)C)c2csc(N)n2)cc1. The summed E-state index contributed by atoms with van der Waals surface area (Å²) in [5.41, 5.74) is 13.2. The molecule has 244 valence electrons. The number of carbonyl (C=O) groups is 2. The average molecular weight is 666 g/mol. The van der Waals surface area contributed by atoms with Gasteiger partial charge in [-0.1, -0.05) is 5.16 Å². The maximum atomic E-state index is 13.2. The Hall–Kier alpha value is -4.10. The number of aryl methyl sites for hydroxylation is 2. The van der Waals surface area contributed by atoms with Gasteiger partial charge in [-0.15, -0.1) is 20.3 Å². The van der Waals surface area contributed by atoms with Gasteiger partial charge in [-0.3, -0.25) is 14.1 Å². The third-order valence-electron chi connectivity index (χ3n) is 7.05. The second-order valence-corrected chi connectivity index (χ2v) is 12.8. The van der Waals surface area contributed by atoms with Crippen LogP contribution in [0.2, 0.25) is 0 Å². The minimum atomic E-state index is -4.95. The van der Waals surface area contributed by atoms with Crippen molar-refractivity contribution in [3.8, 4) is 17.0 Å². The van der Waals surface area contributed by atoms with Gasteiger partial charge in [0.1, 0.15) is 24.1 Å². The summed E-state index contributed by atoms with van der Waals surface area (Å²) in [6.45, 7) is 8.17. The molecule has 18 heteroatoms. The number of hydrogen-bond donors (Lipinski definition) is 4. The lowest BCUT2D eigenvalue weighted by atomic mass is 9.84. The first-order valence-corrected chi connectivity index (χ1v) is 16.1. The highest BCUT2D eigenvalue weighted by Crippen LogP contribution is 2.33. The number of amides is 2. The van der Waals surface area contributed by atoms with Gasteiger partial charge in [-0.25, -0.2) is 4.98 Å². The summed E-state index contributed by atoms with van der Waals surface area (Å²) in [5, 5.41) is 8.60. The first-order chi connectivity index (χ1) is 21.1. The number of hydrogen-bond acceptors (Lipinski definition) is 12. The van der Waals surface area contributed by atoms with Crippen LogP contribution in [0.25, 0.3) is 11.3 Å². The molecule has 1 fully saturated rings. The highest BCUT2D eigenvalue weighted by molar-refractivity contribution is 7.80. The molecule has 3 heterocycles. The number of nitrogen functional groups attached to an aromatic ring is 1. The second-order valence-electron chi connectivity index (χ2n) is 10.9. The van der Waals surface area contributed by atoms with E-state index in [1.165, 1.54) is 19.2 Å². The lowest BCUT2D eigenvalue weighted by Gasteiger charge is -2.50. The number of β-lactam (4-membered cyclic amide) rings is 1. The molecular weight excluding hydrogens is 628 g/mol. The Kier molecular flexibility index (Phi) is 10.1. The molecule has 0 unspecified atom stereocenters. The normalized spacial score (nSPS) is 17.1. The highest BCUT2D eigenvalue weighted by atomic mass is 32.3. The van der Waals surface area contributed by atoms with E-state index in [4.69, 9.17) is 25.6 Å². The highest BCUT2D eigenvalue weighted by Gasteiger charge is 2.58. The standard InChI is InChI=1S/C27H36N8O8S2/c1-16-13-34(12-6-11-28)33(5)22(16)18-7-9-19(10-8-18)41-14-17(2)42-32-21(20-15-44-26(29)30-20)24(36)31-23-25(37)35(27(23,3)4)43-45(38,39)40/h7-10,13,15,17,23H,6,11-12,14,28H2,1-5H3,(H3-,29,30,31,36,38,39,40)/p+1/b32-21-/t17-,23-/m1/s1. The lowest BCUT2D eigenvalue weighted by molar-refractivity contribution is -0.743. The van der Waals surface area contributed by atoms with Crippen LogP contribution in [0.5, 0.6) is 5.75 Å². The van der Waals surface area contributed by atoms with E-state index in [0.717, 1.165) is 41.1 Å². The molecule has 3 aromatic rings. The van der Waals surface area contributed by atoms with Gasteiger partial charge in [0.2, 0.25) is 5.69 Å². The smallest absolute Gasteiger partial charge is 0.418 e. The van der Waals surface area contributed by atoms with Crippen LogP contribution in [0.15, 0.2) is 41.0 Å². The molecule has 0 bridgehead atoms. The van der Waals surface area contributed by atoms with Gasteiger partial charge in [-0.2, -0.15) is 18.2 Å². The minimum Gasteiger partial charge on any atom is -0.490 e. The summed E-state index contributed by atoms with van der Waals surface area (Å²) in [5.74, 6) is -1.12. The Bertz CT molecular complexity index is 1680. The van der Waals surface area contributed by atoms with E-state index >= 15 is 0 Å². The van der Waals surface area contributed by atoms with Gasteiger partial charge >= 0.3 is 10.4 Å². The van der Waals surface area contributed by atoms with Crippen LogP contribution in [-0.4, -0.2) is 76.1 Å². The number of anilines is 1. The summed E-state index contributed by atoms with van der Waals surface area (Å²) in [7, 11) is -2.94. The number of thiazole rings is 1. The van der Waals surface area contributed by atoms with Crippen molar-refractivity contribution in [1.29, 1.82) is 0 Å². The fourth-order valence-electron chi connectivity index (χ4n) is 4.75. The second kappa shape index (κ2) is 13.5. The van der Waals surface area contributed by atoms with E-state index in [0.29, 0.717) is 17.4 Å². The molecule has 1 aromatic carbocycles. The van der Waals surface area contributed by atoms with E-state index in [2.05, 4.69) is 42.2 Å². The van der Waals surface area contributed by atoms with Gasteiger partial charge in [0.15, 0.2) is 24.0 Å². The first kappa shape index (κ1) is 33.8. The zero-order valence-corrected chi connectivity index (χ0v) is 27.1. The molecule has 0 spiro atoms. The maximum Gasteiger partial charge on any atom is 0.418 e. The molecule has 4 rings (SSSR count). The molecule has 2 aromatic heterocycles. The predicted octanol–water partition coefficient (Wildman–Crippen LogP) is 0.704. The topological polar surface area (TPSA) is 218 Å². The Morgan fingerprint density at radius 3 is 2.58 bits per heavy atom. The van der Waals surface area contributed by atoms with E-state index in [1.54, 1.807) is 6.92 Å². The number of ether oxygens (including phenoxy) is 1. The molecular formula is C27H37N8O8S2+. The summed E-state index contributed by atoms with van der Waals surface area (Å²) >= 11 is 1.07. The number of hydroxylamine groups is 2. The fourth-order valence-corrected chi connectivity index (χ4v) is 5.75. The molecule has 2 amide bonds. The Morgan fingerprint density at radius 1 is 1.31 bits per heavy atom. The molecule has 0 radical (unpaired) electrons. The third-order valence-corrected chi connectivity index (χ3v) is 8.07. The van der Waals surface area contributed by atoms with Crippen LogP contribution in [0.1, 0.15) is 38.4 Å². The van der Waals surface area contributed by atoms with E-state index in [-0.39, 0.29) is 23.1 Å². The van der Waals surface area contributed by atoms with Crippen molar-refractivity contribution in [2.24, 2.45) is 17.9 Å². The van der Waals surface area contributed by atoms with Crippen molar-refractivity contribution in [1.82, 2.24) is 20.0 Å². The van der Waals surface area contributed by atoms with Crippen molar-refractivity contribution in [2.75, 3.05) is 18.9 Å². The molecule has 0 aliphatic carbocycles. The van der Waals surface area contributed by atoms with Crippen LogP contribution in [0.4, 0.5) is 5.13 Å². The number of oxime groups is 1. The minimum absolute atomic E-state index is 0.0926. The molecule has 1 saturated heterocycles. The Morgan fingerprint density at radius 2 is 2.00 bits per heavy atom. The molecule has 0 saturated carbocycles. The summed E-state index contributed by atoms with van der Waals surface area (Å²) in [6, 6.07) is 6.44. The van der Waals surface area contributed by atoms with Gasteiger partial charge in [0.05, 0.1) is 18.3 Å². The molecule has 1 aliphatic rings. The van der Waals surface area contributed by atoms with E-state index < -0.39 is 39.9 Å². The molecule has 1 aliphatic heterocycles. The lowest BCUT2D eigenvalue weighted by Crippen LogP contribution is -2.76. The van der Waals surface area contributed by atoms with Crippen molar-refractivity contribution in [3.05, 3.63) is 47.1 Å². The first-order valence-electron chi connectivity index (χ1n) is 13.9. The average Bonchev–Trinajstić information content (AvgIpc) is 3.53. The number of nitrogens with one attached hydrogen (secondary N) is 1. The van der Waals surface area contributed by atoms with Crippen molar-refractivity contribution < 1.29 is 41.1 Å². The Balaban J connectivity index is 1.40. The van der Waals surface area contributed by atoms with E-state index in [9.17, 15) is 18.0 Å². The molecule has 2 atom stereocenters. The van der Waals surface area contributed by atoms with Gasteiger partial charge in [-0.05, 0) is 64.9 Å². The maximum absolute atomic E-state index is 13.2. The van der Waals surface area contributed by atoms with Gasteiger partial charge in [0.25, 0.3) is 11.8 Å². The van der Waals surface area contributed by atoms with Crippen molar-refractivity contribution >= 4 is 44.4 Å². The zero-order chi connectivity index (χ0) is 33.1. The predicted molar refractivity (Wildman–Crippen MR) is 164 cm³/mol. The van der Waals surface area contributed by atoms with Crippen LogP contribution >= 0.6 is 11.3 Å². The Labute approximate surface area is 264 Å². The number of carbonyl (C=O) groups excluding carboxylic acids is 2. The number of aromatic nitrogens is 3. The molecule has 6 N–H and O–H groups in total. The van der Waals surface area contributed by atoms with Crippen molar-refractivity contribution in [3.63, 3.8) is 0 Å². The number of rotatable bonds is 14. The zero-order valence-electron chi connectivity index (χ0n) is 25.5. The fraction of sp³-hybridized carbons (Fsp3) is 0.444. The van der Waals surface area contributed by atoms with Crippen LogP contribution < -0.4 is 26.2 Å². The van der Waals surface area contributed by atoms with Gasteiger partial charge in [0, 0.05) is 16.5 Å². The third kappa shape index (κ3) is 7.77. The summed E-state index contributed by atoms with van der Waals surface area (Å²) in [4.78, 5) is 35.3. The number of nitrogens with two attached hydrogens (primary N) is 2. The molecule has 16 nitrogen and oxygen atoms in total. The van der Waals surface area contributed by atoms with Crippen LogP contribution in [0.3, 0.4) is 0 Å². The molecule has 45 heavy (non-hydrogen) atoms.